The Bertz CT molecular complexity index is 1070. The van der Waals surface area contributed by atoms with Gasteiger partial charge in [-0.15, -0.1) is 0 Å². The molecule has 164 valence electrons. The predicted octanol–water partition coefficient (Wildman–Crippen LogP) is 5.17. The Morgan fingerprint density at radius 2 is 2.06 bits per heavy atom. The molecule has 1 aliphatic rings. The van der Waals surface area contributed by atoms with E-state index in [4.69, 9.17) is 14.9 Å². The molecule has 3 aromatic rings. The Kier molecular flexibility index (Phi) is 6.66. The van der Waals surface area contributed by atoms with E-state index >= 15 is 0 Å². The van der Waals surface area contributed by atoms with Crippen LogP contribution in [0.3, 0.4) is 0 Å². The number of rotatable bonds is 11. The van der Waals surface area contributed by atoms with Crippen molar-refractivity contribution in [3.05, 3.63) is 53.1 Å². The summed E-state index contributed by atoms with van der Waals surface area (Å²) in [5.41, 5.74) is 8.06. The van der Waals surface area contributed by atoms with Crippen molar-refractivity contribution in [1.29, 1.82) is 0 Å². The molecule has 4 rings (SSSR count). The molecule has 3 heterocycles. The minimum Gasteiger partial charge on any atom is -0.481 e. The standard InChI is InChI=1S/C25H31N3O3/c1-3-20-11-12-23-25(19-13-18(14-26-15-19)17-9-10-17)21(7-5-4-6-8-24(29)30)22(16-31-2)27-28(20)23/h11-15,17H,3-10,16H2,1-2H3,(H,29,30). The molecule has 0 radical (unpaired) electrons. The van der Waals surface area contributed by atoms with Gasteiger partial charge in [-0.3, -0.25) is 9.78 Å². The van der Waals surface area contributed by atoms with Crippen LogP contribution in [0.4, 0.5) is 0 Å². The SMILES string of the molecule is CCc1ccc2c(-c3cncc(C4CC4)c3)c(CCCCCC(=O)O)c(COC)nn12. The van der Waals surface area contributed by atoms with Crippen molar-refractivity contribution in [2.24, 2.45) is 0 Å². The van der Waals surface area contributed by atoms with E-state index in [-0.39, 0.29) is 6.42 Å². The van der Waals surface area contributed by atoms with Crippen molar-refractivity contribution in [3.63, 3.8) is 0 Å². The number of nitrogens with zero attached hydrogens (tertiary/aromatic N) is 3. The molecule has 1 aliphatic carbocycles. The average Bonchev–Trinajstić information content (AvgIpc) is 3.54. The molecule has 3 aromatic heterocycles. The van der Waals surface area contributed by atoms with Crippen LogP contribution in [0.1, 0.15) is 73.9 Å². The van der Waals surface area contributed by atoms with Gasteiger partial charge in [0.2, 0.25) is 0 Å². The maximum atomic E-state index is 10.8. The Morgan fingerprint density at radius 1 is 1.23 bits per heavy atom. The van der Waals surface area contributed by atoms with Crippen molar-refractivity contribution in [3.8, 4) is 11.1 Å². The van der Waals surface area contributed by atoms with Crippen molar-refractivity contribution in [2.75, 3.05) is 7.11 Å². The minimum atomic E-state index is -0.730. The second-order valence-electron chi connectivity index (χ2n) is 8.44. The second kappa shape index (κ2) is 9.60. The summed E-state index contributed by atoms with van der Waals surface area (Å²) in [4.78, 5) is 15.4. The molecule has 6 nitrogen and oxygen atoms in total. The van der Waals surface area contributed by atoms with Crippen LogP contribution in [-0.4, -0.2) is 32.8 Å². The van der Waals surface area contributed by atoms with Crippen molar-refractivity contribution in [1.82, 2.24) is 14.6 Å². The van der Waals surface area contributed by atoms with Gasteiger partial charge < -0.3 is 9.84 Å². The molecule has 0 aliphatic heterocycles. The molecule has 6 heteroatoms. The number of pyridine rings is 1. The van der Waals surface area contributed by atoms with E-state index in [1.165, 1.54) is 35.2 Å². The first-order valence-corrected chi connectivity index (χ1v) is 11.3. The summed E-state index contributed by atoms with van der Waals surface area (Å²) in [6.45, 7) is 2.59. The fraction of sp³-hybridized carbons (Fsp3) is 0.480. The largest absolute Gasteiger partial charge is 0.481 e. The normalized spacial score (nSPS) is 13.7. The van der Waals surface area contributed by atoms with Gasteiger partial charge in [0, 0.05) is 42.7 Å². The number of carbonyl (C=O) groups is 1. The van der Waals surface area contributed by atoms with Gasteiger partial charge in [-0.2, -0.15) is 5.10 Å². The highest BCUT2D eigenvalue weighted by Crippen LogP contribution is 2.41. The van der Waals surface area contributed by atoms with Crippen molar-refractivity contribution >= 4 is 11.5 Å². The van der Waals surface area contributed by atoms with E-state index in [2.05, 4.69) is 34.6 Å². The molecular formula is C25H31N3O3. The fourth-order valence-corrected chi connectivity index (χ4v) is 4.36. The molecule has 0 unspecified atom stereocenters. The van der Waals surface area contributed by atoms with Gasteiger partial charge >= 0.3 is 5.97 Å². The first-order valence-electron chi connectivity index (χ1n) is 11.3. The first kappa shape index (κ1) is 21.5. The maximum Gasteiger partial charge on any atom is 0.303 e. The number of hydrogen-bond donors (Lipinski definition) is 1. The zero-order valence-corrected chi connectivity index (χ0v) is 18.4. The molecule has 0 amide bonds. The highest BCUT2D eigenvalue weighted by Gasteiger charge is 2.25. The number of methoxy groups -OCH3 is 1. The fourth-order valence-electron chi connectivity index (χ4n) is 4.36. The van der Waals surface area contributed by atoms with Gasteiger partial charge in [0.25, 0.3) is 0 Å². The van der Waals surface area contributed by atoms with Gasteiger partial charge in [-0.1, -0.05) is 13.3 Å². The average molecular weight is 422 g/mol. The third kappa shape index (κ3) is 4.79. The number of carboxylic acids is 1. The molecule has 31 heavy (non-hydrogen) atoms. The Balaban J connectivity index is 1.78. The van der Waals surface area contributed by atoms with Crippen molar-refractivity contribution in [2.45, 2.75) is 70.8 Å². The first-order chi connectivity index (χ1) is 15.1. The van der Waals surface area contributed by atoms with E-state index in [1.54, 1.807) is 7.11 Å². The summed E-state index contributed by atoms with van der Waals surface area (Å²) in [5, 5.41) is 13.9. The molecule has 1 saturated carbocycles. The van der Waals surface area contributed by atoms with Crippen LogP contribution in [0, 0.1) is 0 Å². The lowest BCUT2D eigenvalue weighted by molar-refractivity contribution is -0.137. The topological polar surface area (TPSA) is 76.7 Å². The molecule has 1 N–H and O–H groups in total. The van der Waals surface area contributed by atoms with E-state index in [0.29, 0.717) is 18.9 Å². The van der Waals surface area contributed by atoms with Gasteiger partial charge in [-0.05, 0) is 73.8 Å². The Morgan fingerprint density at radius 3 is 2.77 bits per heavy atom. The molecule has 0 bridgehead atoms. The Hall–Kier alpha value is -2.73. The van der Waals surface area contributed by atoms with Crippen molar-refractivity contribution < 1.29 is 14.6 Å². The quantitative estimate of drug-likeness (QED) is 0.432. The van der Waals surface area contributed by atoms with Gasteiger partial charge in [0.05, 0.1) is 17.8 Å². The van der Waals surface area contributed by atoms with Gasteiger partial charge in [0.15, 0.2) is 0 Å². The lowest BCUT2D eigenvalue weighted by Crippen LogP contribution is -2.10. The molecular weight excluding hydrogens is 390 g/mol. The van der Waals surface area contributed by atoms with Crippen LogP contribution in [0.2, 0.25) is 0 Å². The molecule has 1 fully saturated rings. The Labute approximate surface area is 183 Å². The van der Waals surface area contributed by atoms with E-state index in [0.717, 1.165) is 42.5 Å². The molecule has 0 spiro atoms. The second-order valence-corrected chi connectivity index (χ2v) is 8.44. The lowest BCUT2D eigenvalue weighted by atomic mass is 9.94. The van der Waals surface area contributed by atoms with Crippen LogP contribution in [0.15, 0.2) is 30.6 Å². The zero-order valence-electron chi connectivity index (χ0n) is 18.4. The van der Waals surface area contributed by atoms with Crippen LogP contribution in [-0.2, 0) is 29.0 Å². The number of ether oxygens (including phenoxy) is 1. The summed E-state index contributed by atoms with van der Waals surface area (Å²) < 4.78 is 7.58. The highest BCUT2D eigenvalue weighted by molar-refractivity contribution is 5.84. The van der Waals surface area contributed by atoms with Crippen LogP contribution < -0.4 is 0 Å². The molecule has 0 atom stereocenters. The van der Waals surface area contributed by atoms with Gasteiger partial charge in [0.1, 0.15) is 0 Å². The molecule has 0 saturated heterocycles. The zero-order chi connectivity index (χ0) is 21.8. The summed E-state index contributed by atoms with van der Waals surface area (Å²) >= 11 is 0. The smallest absolute Gasteiger partial charge is 0.303 e. The molecule has 0 aromatic carbocycles. The number of unbranched alkanes of at least 4 members (excludes halogenated alkanes) is 2. The van der Waals surface area contributed by atoms with Gasteiger partial charge in [-0.25, -0.2) is 4.52 Å². The highest BCUT2D eigenvalue weighted by atomic mass is 16.5. The monoisotopic (exact) mass is 421 g/mol. The van der Waals surface area contributed by atoms with Crippen LogP contribution >= 0.6 is 0 Å². The number of hydrogen-bond acceptors (Lipinski definition) is 4. The lowest BCUT2D eigenvalue weighted by Gasteiger charge is -2.17. The summed E-state index contributed by atoms with van der Waals surface area (Å²) in [6.07, 6.45) is 10.9. The third-order valence-corrected chi connectivity index (χ3v) is 6.12. The summed E-state index contributed by atoms with van der Waals surface area (Å²) in [7, 11) is 1.70. The number of aliphatic carboxylic acids is 1. The number of fused-ring (bicyclic) bond motifs is 1. The maximum absolute atomic E-state index is 10.8. The third-order valence-electron chi connectivity index (χ3n) is 6.12. The summed E-state index contributed by atoms with van der Waals surface area (Å²) in [5.74, 6) is -0.0895. The number of aromatic nitrogens is 3. The minimum absolute atomic E-state index is 0.223. The predicted molar refractivity (Wildman–Crippen MR) is 120 cm³/mol. The van der Waals surface area contributed by atoms with E-state index < -0.39 is 5.97 Å². The summed E-state index contributed by atoms with van der Waals surface area (Å²) in [6, 6.07) is 6.61. The number of aryl methyl sites for hydroxylation is 1. The van der Waals surface area contributed by atoms with Crippen LogP contribution in [0.25, 0.3) is 16.6 Å². The van der Waals surface area contributed by atoms with Crippen LogP contribution in [0.5, 0.6) is 0 Å². The van der Waals surface area contributed by atoms with E-state index in [9.17, 15) is 4.79 Å². The van der Waals surface area contributed by atoms with E-state index in [1.807, 2.05) is 12.4 Å². The number of carboxylic acid groups (broad SMARTS) is 1.